The summed E-state index contributed by atoms with van der Waals surface area (Å²) < 4.78 is 20.4. The average molecular weight is 379 g/mol. The van der Waals surface area contributed by atoms with E-state index in [0.29, 0.717) is 21.7 Å². The highest BCUT2D eigenvalue weighted by atomic mass is 32.1. The van der Waals surface area contributed by atoms with Gasteiger partial charge in [-0.3, -0.25) is 9.69 Å². The maximum atomic E-state index is 14.3. The van der Waals surface area contributed by atoms with Crippen LogP contribution in [0.4, 0.5) is 4.39 Å². The van der Waals surface area contributed by atoms with Gasteiger partial charge < -0.3 is 9.64 Å². The summed E-state index contributed by atoms with van der Waals surface area (Å²) in [6.07, 6.45) is 1.18. The van der Waals surface area contributed by atoms with Gasteiger partial charge in [-0.15, -0.1) is 11.3 Å². The molecule has 1 aliphatic heterocycles. The number of hydrogen-bond donors (Lipinski definition) is 0. The molecule has 0 spiro atoms. The van der Waals surface area contributed by atoms with Crippen molar-refractivity contribution in [3.8, 4) is 0 Å². The fourth-order valence-electron chi connectivity index (χ4n) is 3.38. The summed E-state index contributed by atoms with van der Waals surface area (Å²) in [4.78, 5) is 18.0. The fraction of sp³-hybridized carbons (Fsp3) is 0.550. The van der Waals surface area contributed by atoms with Crippen LogP contribution in [0, 0.1) is 11.7 Å². The van der Waals surface area contributed by atoms with E-state index in [2.05, 4.69) is 18.7 Å². The third kappa shape index (κ3) is 4.08. The zero-order valence-corrected chi connectivity index (χ0v) is 16.6. The standard InChI is InChI=1S/C20H27FN2O2S/c1-14(2)7-8-22-9-11-23(12-10-22)20(24)19-15(13-25-3)18-16(21)5-4-6-17(18)26-19/h4-6,14H,7-13H2,1-3H3. The van der Waals surface area contributed by atoms with Crippen LogP contribution in [0.2, 0.25) is 0 Å². The predicted octanol–water partition coefficient (Wildman–Crippen LogP) is 3.99. The molecule has 1 aromatic carbocycles. The Kier molecular flexibility index (Phi) is 6.27. The molecule has 0 saturated carbocycles. The summed E-state index contributed by atoms with van der Waals surface area (Å²) in [7, 11) is 1.58. The van der Waals surface area contributed by atoms with Crippen molar-refractivity contribution in [2.75, 3.05) is 39.8 Å². The van der Waals surface area contributed by atoms with Crippen molar-refractivity contribution in [1.82, 2.24) is 9.80 Å². The van der Waals surface area contributed by atoms with E-state index < -0.39 is 0 Å². The average Bonchev–Trinajstić information content (AvgIpc) is 3.00. The van der Waals surface area contributed by atoms with Gasteiger partial charge in [0, 0.05) is 48.9 Å². The van der Waals surface area contributed by atoms with Gasteiger partial charge in [-0.2, -0.15) is 0 Å². The van der Waals surface area contributed by atoms with Crippen LogP contribution in [0.25, 0.3) is 10.1 Å². The summed E-state index contributed by atoms with van der Waals surface area (Å²) in [6, 6.07) is 4.99. The molecule has 0 N–H and O–H groups in total. The minimum atomic E-state index is -0.289. The summed E-state index contributed by atoms with van der Waals surface area (Å²) in [6.45, 7) is 9.04. The molecule has 3 rings (SSSR count). The molecule has 0 unspecified atom stereocenters. The molecule has 26 heavy (non-hydrogen) atoms. The van der Waals surface area contributed by atoms with E-state index in [9.17, 15) is 9.18 Å². The molecule has 6 heteroatoms. The number of amides is 1. The molecule has 0 atom stereocenters. The monoisotopic (exact) mass is 378 g/mol. The Morgan fingerprint density at radius 1 is 1.27 bits per heavy atom. The van der Waals surface area contributed by atoms with Gasteiger partial charge in [0.05, 0.1) is 11.5 Å². The van der Waals surface area contributed by atoms with Crippen molar-refractivity contribution in [3.05, 3.63) is 34.5 Å². The van der Waals surface area contributed by atoms with Crippen molar-refractivity contribution in [3.63, 3.8) is 0 Å². The lowest BCUT2D eigenvalue weighted by atomic mass is 10.1. The molecule has 1 fully saturated rings. The van der Waals surface area contributed by atoms with Crippen molar-refractivity contribution in [2.24, 2.45) is 5.92 Å². The van der Waals surface area contributed by atoms with Crippen LogP contribution in [0.1, 0.15) is 35.5 Å². The van der Waals surface area contributed by atoms with E-state index in [1.165, 1.54) is 23.8 Å². The predicted molar refractivity (Wildman–Crippen MR) is 104 cm³/mol. The first-order valence-electron chi connectivity index (χ1n) is 9.21. The zero-order valence-electron chi connectivity index (χ0n) is 15.8. The zero-order chi connectivity index (χ0) is 18.7. The van der Waals surface area contributed by atoms with Crippen LogP contribution in [-0.2, 0) is 11.3 Å². The number of carbonyl (C=O) groups excluding carboxylic acids is 1. The van der Waals surface area contributed by atoms with Gasteiger partial charge in [0.2, 0.25) is 0 Å². The van der Waals surface area contributed by atoms with E-state index in [0.717, 1.165) is 37.4 Å². The number of halogens is 1. The van der Waals surface area contributed by atoms with Gasteiger partial charge in [-0.05, 0) is 31.0 Å². The Morgan fingerprint density at radius 2 is 2.00 bits per heavy atom. The molecular formula is C20H27FN2O2S. The first-order chi connectivity index (χ1) is 12.5. The molecule has 0 aliphatic carbocycles. The van der Waals surface area contributed by atoms with Crippen LogP contribution in [0.15, 0.2) is 18.2 Å². The van der Waals surface area contributed by atoms with E-state index >= 15 is 0 Å². The topological polar surface area (TPSA) is 32.8 Å². The second-order valence-corrected chi connectivity index (χ2v) is 8.32. The molecule has 2 aromatic rings. The third-order valence-electron chi connectivity index (χ3n) is 4.93. The quantitative estimate of drug-likeness (QED) is 0.762. The molecule has 4 nitrogen and oxygen atoms in total. The lowest BCUT2D eigenvalue weighted by molar-refractivity contribution is 0.0633. The Hall–Kier alpha value is -1.50. The van der Waals surface area contributed by atoms with E-state index in [1.807, 2.05) is 11.0 Å². The number of nitrogens with zero attached hydrogens (tertiary/aromatic N) is 2. The van der Waals surface area contributed by atoms with Crippen LogP contribution in [0.3, 0.4) is 0 Å². The third-order valence-corrected chi connectivity index (χ3v) is 6.11. The van der Waals surface area contributed by atoms with Crippen molar-refractivity contribution in [2.45, 2.75) is 26.9 Å². The highest BCUT2D eigenvalue weighted by Crippen LogP contribution is 2.34. The normalized spacial score (nSPS) is 16.0. The van der Waals surface area contributed by atoms with Gasteiger partial charge >= 0.3 is 0 Å². The SMILES string of the molecule is COCc1c(C(=O)N2CCN(CCC(C)C)CC2)sc2cccc(F)c12. The summed E-state index contributed by atoms with van der Waals surface area (Å²) in [5.74, 6) is 0.407. The molecule has 1 aliphatic rings. The number of piperazine rings is 1. The molecule has 142 valence electrons. The second kappa shape index (κ2) is 8.46. The lowest BCUT2D eigenvalue weighted by Gasteiger charge is -2.35. The van der Waals surface area contributed by atoms with Crippen LogP contribution < -0.4 is 0 Å². The largest absolute Gasteiger partial charge is 0.380 e. The van der Waals surface area contributed by atoms with Gasteiger partial charge in [0.15, 0.2) is 0 Å². The summed E-state index contributed by atoms with van der Waals surface area (Å²) in [5, 5.41) is 0.526. The molecule has 2 heterocycles. The summed E-state index contributed by atoms with van der Waals surface area (Å²) in [5.41, 5.74) is 0.679. The fourth-order valence-corrected chi connectivity index (χ4v) is 4.57. The number of hydrogen-bond acceptors (Lipinski definition) is 4. The Labute approximate surface area is 158 Å². The smallest absolute Gasteiger partial charge is 0.264 e. The first-order valence-corrected chi connectivity index (χ1v) is 10.0. The Morgan fingerprint density at radius 3 is 2.65 bits per heavy atom. The molecular weight excluding hydrogens is 351 g/mol. The number of benzene rings is 1. The van der Waals surface area contributed by atoms with Gasteiger partial charge in [-0.1, -0.05) is 19.9 Å². The van der Waals surface area contributed by atoms with Crippen LogP contribution in [-0.4, -0.2) is 55.5 Å². The summed E-state index contributed by atoms with van der Waals surface area (Å²) >= 11 is 1.37. The van der Waals surface area contributed by atoms with E-state index in [1.54, 1.807) is 13.2 Å². The van der Waals surface area contributed by atoms with Crippen molar-refractivity contribution < 1.29 is 13.9 Å². The highest BCUT2D eigenvalue weighted by Gasteiger charge is 2.27. The minimum absolute atomic E-state index is 0.00107. The van der Waals surface area contributed by atoms with E-state index in [-0.39, 0.29) is 18.3 Å². The maximum Gasteiger partial charge on any atom is 0.264 e. The number of thiophene rings is 1. The lowest BCUT2D eigenvalue weighted by Crippen LogP contribution is -2.49. The van der Waals surface area contributed by atoms with Gasteiger partial charge in [0.1, 0.15) is 5.82 Å². The Bertz CT molecular complexity index is 767. The van der Waals surface area contributed by atoms with Gasteiger partial charge in [0.25, 0.3) is 5.91 Å². The molecule has 1 aromatic heterocycles. The molecule has 0 radical (unpaired) electrons. The minimum Gasteiger partial charge on any atom is -0.380 e. The van der Waals surface area contributed by atoms with Crippen molar-refractivity contribution in [1.29, 1.82) is 0 Å². The number of ether oxygens (including phenoxy) is 1. The highest BCUT2D eigenvalue weighted by molar-refractivity contribution is 7.21. The number of carbonyl (C=O) groups is 1. The number of rotatable bonds is 6. The van der Waals surface area contributed by atoms with Crippen LogP contribution >= 0.6 is 11.3 Å². The molecule has 1 amide bonds. The molecule has 0 bridgehead atoms. The number of methoxy groups -OCH3 is 1. The number of fused-ring (bicyclic) bond motifs is 1. The van der Waals surface area contributed by atoms with Crippen LogP contribution in [0.5, 0.6) is 0 Å². The second-order valence-electron chi connectivity index (χ2n) is 7.27. The van der Waals surface area contributed by atoms with Crippen molar-refractivity contribution >= 4 is 27.3 Å². The maximum absolute atomic E-state index is 14.3. The Balaban J connectivity index is 1.76. The molecule has 1 saturated heterocycles. The first kappa shape index (κ1) is 19.3. The van der Waals surface area contributed by atoms with Gasteiger partial charge in [-0.25, -0.2) is 4.39 Å². The van der Waals surface area contributed by atoms with E-state index in [4.69, 9.17) is 4.74 Å².